The Hall–Kier alpha value is -1.03. The monoisotopic (exact) mass is 316 g/mol. The summed E-state index contributed by atoms with van der Waals surface area (Å²) in [7, 11) is 2.23. The largest absolute Gasteiger partial charge is 0.350 e. The topological polar surface area (TPSA) is 24.3 Å². The van der Waals surface area contributed by atoms with Crippen LogP contribution in [0.3, 0.4) is 0 Å². The van der Waals surface area contributed by atoms with Crippen molar-refractivity contribution in [3.05, 3.63) is 11.3 Å². The van der Waals surface area contributed by atoms with Gasteiger partial charge >= 0.3 is 0 Å². The molecule has 3 heterocycles. The van der Waals surface area contributed by atoms with E-state index in [9.17, 15) is 0 Å². The van der Waals surface area contributed by atoms with Gasteiger partial charge in [0.05, 0.1) is 6.04 Å². The van der Waals surface area contributed by atoms with Crippen LogP contribution < -0.4 is 4.90 Å². The third-order valence-electron chi connectivity index (χ3n) is 6.72. The number of nitrogens with zero attached hydrogens (tertiary/aromatic N) is 4. The Morgan fingerprint density at radius 2 is 1.78 bits per heavy atom. The van der Waals surface area contributed by atoms with Gasteiger partial charge in [0.25, 0.3) is 0 Å². The predicted octanol–water partition coefficient (Wildman–Crippen LogP) is 3.54. The van der Waals surface area contributed by atoms with Crippen molar-refractivity contribution in [2.45, 2.75) is 71.4 Å². The van der Waals surface area contributed by atoms with E-state index < -0.39 is 0 Å². The van der Waals surface area contributed by atoms with Crippen LogP contribution >= 0.6 is 0 Å². The highest BCUT2D eigenvalue weighted by Crippen LogP contribution is 2.54. The van der Waals surface area contributed by atoms with Crippen LogP contribution in [-0.2, 0) is 0 Å². The van der Waals surface area contributed by atoms with E-state index in [1.165, 1.54) is 62.3 Å². The molecular weight excluding hydrogens is 284 g/mol. The zero-order valence-electron chi connectivity index (χ0n) is 15.5. The van der Waals surface area contributed by atoms with E-state index in [1.807, 2.05) is 0 Å². The number of piperidine rings is 1. The van der Waals surface area contributed by atoms with Crippen LogP contribution in [0.1, 0.15) is 63.3 Å². The van der Waals surface area contributed by atoms with Crippen LogP contribution in [0.2, 0.25) is 0 Å². The van der Waals surface area contributed by atoms with E-state index in [2.05, 4.69) is 49.2 Å². The first kappa shape index (κ1) is 15.5. The summed E-state index contributed by atoms with van der Waals surface area (Å²) in [6.07, 6.45) is 6.57. The summed E-state index contributed by atoms with van der Waals surface area (Å²) in [5.74, 6) is 1.25. The van der Waals surface area contributed by atoms with Crippen molar-refractivity contribution in [3.8, 4) is 0 Å². The lowest BCUT2D eigenvalue weighted by Crippen LogP contribution is -2.60. The minimum absolute atomic E-state index is 0.242. The molecule has 0 aromatic carbocycles. The SMILES string of the molecule is Cc1c(N2CCCCC2(C)C)nn(C2CC3(C2)CN(C)C3)c1C. The summed E-state index contributed by atoms with van der Waals surface area (Å²) in [6.45, 7) is 13.0. The minimum atomic E-state index is 0.242. The van der Waals surface area contributed by atoms with Crippen molar-refractivity contribution in [2.75, 3.05) is 31.6 Å². The van der Waals surface area contributed by atoms with Gasteiger partial charge in [0.1, 0.15) is 0 Å². The Morgan fingerprint density at radius 3 is 2.39 bits per heavy atom. The number of hydrogen-bond acceptors (Lipinski definition) is 3. The Balaban J connectivity index is 1.56. The predicted molar refractivity (Wildman–Crippen MR) is 95.2 cm³/mol. The smallest absolute Gasteiger partial charge is 0.154 e. The molecule has 4 nitrogen and oxygen atoms in total. The van der Waals surface area contributed by atoms with E-state index in [0.29, 0.717) is 11.5 Å². The second kappa shape index (κ2) is 4.98. The van der Waals surface area contributed by atoms with Crippen molar-refractivity contribution in [1.29, 1.82) is 0 Å². The Morgan fingerprint density at radius 1 is 1.09 bits per heavy atom. The summed E-state index contributed by atoms with van der Waals surface area (Å²) in [6, 6.07) is 0.629. The quantitative estimate of drug-likeness (QED) is 0.834. The first-order valence-electron chi connectivity index (χ1n) is 9.33. The zero-order chi connectivity index (χ0) is 16.4. The third kappa shape index (κ3) is 2.33. The molecule has 4 rings (SSSR count). The van der Waals surface area contributed by atoms with Crippen LogP contribution in [-0.4, -0.2) is 46.9 Å². The van der Waals surface area contributed by atoms with Crippen molar-refractivity contribution >= 4 is 5.82 Å². The molecule has 2 saturated heterocycles. The number of rotatable bonds is 2. The van der Waals surface area contributed by atoms with Crippen LogP contribution in [0, 0.1) is 19.3 Å². The number of hydrogen-bond donors (Lipinski definition) is 0. The number of aromatic nitrogens is 2. The highest BCUT2D eigenvalue weighted by atomic mass is 15.4. The molecule has 3 aliphatic rings. The average Bonchev–Trinajstić information content (AvgIpc) is 2.69. The molecule has 0 amide bonds. The van der Waals surface area contributed by atoms with Crippen LogP contribution in [0.25, 0.3) is 0 Å². The fourth-order valence-electron chi connectivity index (χ4n) is 5.33. The molecule has 1 spiro atoms. The summed E-state index contributed by atoms with van der Waals surface area (Å²) in [5.41, 5.74) is 3.64. The molecule has 0 radical (unpaired) electrons. The normalized spacial score (nSPS) is 27.1. The first-order chi connectivity index (χ1) is 10.8. The summed E-state index contributed by atoms with van der Waals surface area (Å²) >= 11 is 0. The van der Waals surface area contributed by atoms with Gasteiger partial charge in [-0.05, 0) is 72.3 Å². The average molecular weight is 316 g/mol. The first-order valence-corrected chi connectivity index (χ1v) is 9.33. The second-order valence-electron chi connectivity index (χ2n) is 9.13. The molecule has 23 heavy (non-hydrogen) atoms. The van der Waals surface area contributed by atoms with Crippen molar-refractivity contribution in [2.24, 2.45) is 5.41 Å². The van der Waals surface area contributed by atoms with Gasteiger partial charge in [-0.3, -0.25) is 4.68 Å². The molecule has 0 unspecified atom stereocenters. The fourth-order valence-corrected chi connectivity index (χ4v) is 5.33. The Labute approximate surface area is 140 Å². The summed E-state index contributed by atoms with van der Waals surface area (Å²) in [5, 5.41) is 5.12. The van der Waals surface area contributed by atoms with Gasteiger partial charge in [-0.15, -0.1) is 0 Å². The van der Waals surface area contributed by atoms with Gasteiger partial charge < -0.3 is 9.80 Å². The van der Waals surface area contributed by atoms with Crippen molar-refractivity contribution in [3.63, 3.8) is 0 Å². The number of anilines is 1. The molecular formula is C19H32N4. The van der Waals surface area contributed by atoms with E-state index in [-0.39, 0.29) is 5.54 Å². The van der Waals surface area contributed by atoms with E-state index in [0.717, 1.165) is 6.54 Å². The molecule has 2 aliphatic heterocycles. The van der Waals surface area contributed by atoms with Crippen molar-refractivity contribution in [1.82, 2.24) is 14.7 Å². The van der Waals surface area contributed by atoms with Gasteiger partial charge in [-0.25, -0.2) is 0 Å². The lowest BCUT2D eigenvalue weighted by atomic mass is 9.61. The molecule has 128 valence electrons. The van der Waals surface area contributed by atoms with E-state index in [4.69, 9.17) is 5.10 Å². The third-order valence-corrected chi connectivity index (χ3v) is 6.72. The maximum atomic E-state index is 5.12. The molecule has 0 atom stereocenters. The molecule has 3 fully saturated rings. The molecule has 1 aliphatic carbocycles. The molecule has 0 bridgehead atoms. The van der Waals surface area contributed by atoms with Crippen LogP contribution in [0.4, 0.5) is 5.82 Å². The maximum Gasteiger partial charge on any atom is 0.154 e. The Bertz CT molecular complexity index is 601. The van der Waals surface area contributed by atoms with E-state index in [1.54, 1.807) is 0 Å². The van der Waals surface area contributed by atoms with Crippen LogP contribution in [0.5, 0.6) is 0 Å². The van der Waals surface area contributed by atoms with Gasteiger partial charge in [0.2, 0.25) is 0 Å². The van der Waals surface area contributed by atoms with Crippen LogP contribution in [0.15, 0.2) is 0 Å². The zero-order valence-corrected chi connectivity index (χ0v) is 15.5. The summed E-state index contributed by atoms with van der Waals surface area (Å²) < 4.78 is 2.36. The Kier molecular flexibility index (Phi) is 3.36. The molecule has 1 saturated carbocycles. The molecule has 0 N–H and O–H groups in total. The fraction of sp³-hybridized carbons (Fsp3) is 0.842. The molecule has 4 heteroatoms. The van der Waals surface area contributed by atoms with Crippen molar-refractivity contribution < 1.29 is 0 Å². The maximum absolute atomic E-state index is 5.12. The lowest BCUT2D eigenvalue weighted by Gasteiger charge is -2.58. The molecule has 1 aromatic heterocycles. The second-order valence-corrected chi connectivity index (χ2v) is 9.13. The highest BCUT2D eigenvalue weighted by molar-refractivity contribution is 5.51. The molecule has 1 aromatic rings. The summed E-state index contributed by atoms with van der Waals surface area (Å²) in [4.78, 5) is 5.01. The van der Waals surface area contributed by atoms with Gasteiger partial charge in [0, 0.05) is 36.4 Å². The van der Waals surface area contributed by atoms with Gasteiger partial charge in [-0.1, -0.05) is 0 Å². The van der Waals surface area contributed by atoms with Gasteiger partial charge in [-0.2, -0.15) is 5.10 Å². The van der Waals surface area contributed by atoms with Gasteiger partial charge in [0.15, 0.2) is 5.82 Å². The highest BCUT2D eigenvalue weighted by Gasteiger charge is 2.52. The minimum Gasteiger partial charge on any atom is -0.350 e. The standard InChI is InChI=1S/C19H32N4/c1-14-15(2)23(16-10-19(11-16)12-21(5)13-19)20-17(14)22-9-7-6-8-18(22,3)4/h16H,6-13H2,1-5H3. The van der Waals surface area contributed by atoms with E-state index >= 15 is 0 Å². The number of likely N-dealkylation sites (tertiary alicyclic amines) is 1. The lowest BCUT2D eigenvalue weighted by molar-refractivity contribution is -0.0790.